The molecule has 1 amide bonds. The number of pyridine rings is 1. The van der Waals surface area contributed by atoms with Crippen molar-refractivity contribution < 1.29 is 4.79 Å². The Morgan fingerprint density at radius 1 is 0.966 bits per heavy atom. The smallest absolute Gasteiger partial charge is 0.257 e. The molecular weight excluding hydrogens is 382 g/mol. The molecule has 3 aromatic rings. The molecule has 2 saturated heterocycles. The van der Waals surface area contributed by atoms with Crippen LogP contribution in [0.2, 0.25) is 0 Å². The standard InChI is InChI=1S/C22H25N5OS/c28-22(17-6-5-9-23-21(17)26-10-3-4-11-26)27-14-12-25(13-15-27)16-20-24-18-7-1-2-8-19(18)29-20/h1-2,5-9H,3-4,10-16H2. The number of benzene rings is 1. The summed E-state index contributed by atoms with van der Waals surface area (Å²) >= 11 is 1.76. The van der Waals surface area contributed by atoms with Crippen LogP contribution >= 0.6 is 11.3 Å². The molecule has 2 aliphatic heterocycles. The van der Waals surface area contributed by atoms with E-state index in [0.29, 0.717) is 0 Å². The highest BCUT2D eigenvalue weighted by molar-refractivity contribution is 7.18. The summed E-state index contributed by atoms with van der Waals surface area (Å²) in [5, 5.41) is 1.15. The highest BCUT2D eigenvalue weighted by atomic mass is 32.1. The fraction of sp³-hybridized carbons (Fsp3) is 0.409. The third-order valence-electron chi connectivity index (χ3n) is 5.78. The van der Waals surface area contributed by atoms with E-state index in [1.165, 1.54) is 17.5 Å². The number of piperazine rings is 1. The highest BCUT2D eigenvalue weighted by Crippen LogP contribution is 2.25. The van der Waals surface area contributed by atoms with Crippen LogP contribution in [0.1, 0.15) is 28.2 Å². The molecule has 7 heteroatoms. The summed E-state index contributed by atoms with van der Waals surface area (Å²) in [7, 11) is 0. The average molecular weight is 408 g/mol. The third-order valence-corrected chi connectivity index (χ3v) is 6.80. The Kier molecular flexibility index (Phi) is 5.16. The summed E-state index contributed by atoms with van der Waals surface area (Å²) in [5.74, 6) is 0.964. The number of amides is 1. The van der Waals surface area contributed by atoms with E-state index in [-0.39, 0.29) is 5.91 Å². The predicted octanol–water partition coefficient (Wildman–Crippen LogP) is 3.25. The second-order valence-corrected chi connectivity index (χ2v) is 8.83. The number of thiazole rings is 1. The molecule has 0 radical (unpaired) electrons. The largest absolute Gasteiger partial charge is 0.356 e. The van der Waals surface area contributed by atoms with E-state index in [2.05, 4.69) is 33.0 Å². The summed E-state index contributed by atoms with van der Waals surface area (Å²) < 4.78 is 1.24. The van der Waals surface area contributed by atoms with E-state index in [9.17, 15) is 4.79 Å². The van der Waals surface area contributed by atoms with Gasteiger partial charge in [0.15, 0.2) is 0 Å². The normalized spacial score (nSPS) is 17.9. The number of nitrogens with zero attached hydrogens (tertiary/aromatic N) is 5. The van der Waals surface area contributed by atoms with E-state index in [0.717, 1.165) is 67.7 Å². The van der Waals surface area contributed by atoms with E-state index in [1.54, 1.807) is 17.5 Å². The summed E-state index contributed by atoms with van der Waals surface area (Å²) in [5.41, 5.74) is 1.82. The zero-order valence-electron chi connectivity index (χ0n) is 16.5. The summed E-state index contributed by atoms with van der Waals surface area (Å²) in [6, 6.07) is 12.1. The summed E-state index contributed by atoms with van der Waals surface area (Å²) in [4.78, 5) is 29.1. The molecule has 0 N–H and O–H groups in total. The SMILES string of the molecule is O=C(c1cccnc1N1CCCC1)N1CCN(Cc2nc3ccccc3s2)CC1. The summed E-state index contributed by atoms with van der Waals surface area (Å²) in [6.45, 7) is 6.09. The number of anilines is 1. The molecule has 1 aromatic carbocycles. The maximum Gasteiger partial charge on any atom is 0.257 e. The van der Waals surface area contributed by atoms with Crippen molar-refractivity contribution in [2.24, 2.45) is 0 Å². The van der Waals surface area contributed by atoms with Crippen molar-refractivity contribution in [3.63, 3.8) is 0 Å². The van der Waals surface area contributed by atoms with Crippen molar-refractivity contribution >= 4 is 33.3 Å². The van der Waals surface area contributed by atoms with Crippen LogP contribution in [0.4, 0.5) is 5.82 Å². The fourth-order valence-electron chi connectivity index (χ4n) is 4.20. The molecule has 2 fully saturated rings. The number of carbonyl (C=O) groups is 1. The van der Waals surface area contributed by atoms with Gasteiger partial charge in [0.25, 0.3) is 5.91 Å². The second-order valence-electron chi connectivity index (χ2n) is 7.71. The topological polar surface area (TPSA) is 52.6 Å². The zero-order valence-corrected chi connectivity index (χ0v) is 17.3. The Bertz CT molecular complexity index is 972. The predicted molar refractivity (Wildman–Crippen MR) is 116 cm³/mol. The van der Waals surface area contributed by atoms with Gasteiger partial charge in [0.2, 0.25) is 0 Å². The molecule has 6 nitrogen and oxygen atoms in total. The van der Waals surface area contributed by atoms with Crippen LogP contribution in [0.25, 0.3) is 10.2 Å². The molecule has 29 heavy (non-hydrogen) atoms. The van der Waals surface area contributed by atoms with Crippen LogP contribution < -0.4 is 4.90 Å². The van der Waals surface area contributed by atoms with Crippen LogP contribution in [0.5, 0.6) is 0 Å². The van der Waals surface area contributed by atoms with E-state index >= 15 is 0 Å². The lowest BCUT2D eigenvalue weighted by Crippen LogP contribution is -2.48. The Morgan fingerprint density at radius 3 is 2.55 bits per heavy atom. The Balaban J connectivity index is 1.23. The number of hydrogen-bond donors (Lipinski definition) is 0. The van der Waals surface area contributed by atoms with E-state index in [1.807, 2.05) is 23.1 Å². The molecule has 0 saturated carbocycles. The van der Waals surface area contributed by atoms with Crippen molar-refractivity contribution in [1.82, 2.24) is 19.8 Å². The lowest BCUT2D eigenvalue weighted by Gasteiger charge is -2.34. The van der Waals surface area contributed by atoms with Crippen LogP contribution in [-0.2, 0) is 6.54 Å². The number of carbonyl (C=O) groups excluding carboxylic acids is 1. The van der Waals surface area contributed by atoms with Crippen LogP contribution in [0, 0.1) is 0 Å². The lowest BCUT2D eigenvalue weighted by molar-refractivity contribution is 0.0628. The molecule has 150 valence electrons. The van der Waals surface area contributed by atoms with Crippen molar-refractivity contribution in [1.29, 1.82) is 0 Å². The fourth-order valence-corrected chi connectivity index (χ4v) is 5.21. The first-order chi connectivity index (χ1) is 14.3. The van der Waals surface area contributed by atoms with Gasteiger partial charge in [-0.15, -0.1) is 11.3 Å². The number of fused-ring (bicyclic) bond motifs is 1. The third kappa shape index (κ3) is 3.84. The molecule has 0 spiro atoms. The maximum atomic E-state index is 13.2. The van der Waals surface area contributed by atoms with Crippen molar-refractivity contribution in [2.75, 3.05) is 44.2 Å². The van der Waals surface area contributed by atoms with Gasteiger partial charge in [-0.2, -0.15) is 0 Å². The first-order valence-electron chi connectivity index (χ1n) is 10.3. The Labute approximate surface area is 174 Å². The van der Waals surface area contributed by atoms with Gasteiger partial charge >= 0.3 is 0 Å². The molecular formula is C22H25N5OS. The second kappa shape index (κ2) is 8.08. The first kappa shape index (κ1) is 18.5. The van der Waals surface area contributed by atoms with Crippen molar-refractivity contribution in [3.8, 4) is 0 Å². The number of rotatable bonds is 4. The van der Waals surface area contributed by atoms with Gasteiger partial charge < -0.3 is 9.80 Å². The monoisotopic (exact) mass is 407 g/mol. The van der Waals surface area contributed by atoms with Gasteiger partial charge in [0.1, 0.15) is 10.8 Å². The number of para-hydroxylation sites is 1. The Morgan fingerprint density at radius 2 is 1.76 bits per heavy atom. The van der Waals surface area contributed by atoms with Crippen molar-refractivity contribution in [3.05, 3.63) is 53.2 Å². The molecule has 0 aliphatic carbocycles. The van der Waals surface area contributed by atoms with Gasteiger partial charge in [-0.1, -0.05) is 12.1 Å². The summed E-state index contributed by atoms with van der Waals surface area (Å²) in [6.07, 6.45) is 4.14. The average Bonchev–Trinajstić information content (AvgIpc) is 3.43. The number of aromatic nitrogens is 2. The highest BCUT2D eigenvalue weighted by Gasteiger charge is 2.27. The Hall–Kier alpha value is -2.51. The van der Waals surface area contributed by atoms with E-state index in [4.69, 9.17) is 4.98 Å². The molecule has 2 aromatic heterocycles. The van der Waals surface area contributed by atoms with Crippen molar-refractivity contribution in [2.45, 2.75) is 19.4 Å². The minimum atomic E-state index is 0.111. The molecule has 0 atom stereocenters. The van der Waals surface area contributed by atoms with Gasteiger partial charge in [0.05, 0.1) is 22.3 Å². The molecule has 0 bridgehead atoms. The molecule has 5 rings (SSSR count). The quantitative estimate of drug-likeness (QED) is 0.665. The van der Waals surface area contributed by atoms with Crippen LogP contribution in [-0.4, -0.2) is 64.9 Å². The van der Waals surface area contributed by atoms with Crippen LogP contribution in [0.15, 0.2) is 42.6 Å². The van der Waals surface area contributed by atoms with Gasteiger partial charge in [-0.25, -0.2) is 9.97 Å². The molecule has 2 aliphatic rings. The first-order valence-corrected chi connectivity index (χ1v) is 11.2. The van der Waals surface area contributed by atoms with E-state index < -0.39 is 0 Å². The molecule has 4 heterocycles. The van der Waals surface area contributed by atoms with Gasteiger partial charge in [-0.3, -0.25) is 9.69 Å². The minimum absolute atomic E-state index is 0.111. The minimum Gasteiger partial charge on any atom is -0.356 e. The lowest BCUT2D eigenvalue weighted by atomic mass is 10.2. The van der Waals surface area contributed by atoms with Gasteiger partial charge in [0, 0.05) is 45.5 Å². The van der Waals surface area contributed by atoms with Gasteiger partial charge in [-0.05, 0) is 37.1 Å². The number of hydrogen-bond acceptors (Lipinski definition) is 6. The van der Waals surface area contributed by atoms with Crippen LogP contribution in [0.3, 0.4) is 0 Å². The zero-order chi connectivity index (χ0) is 19.6. The maximum absolute atomic E-state index is 13.2. The molecule has 0 unspecified atom stereocenters.